The fourth-order valence-corrected chi connectivity index (χ4v) is 6.52. The molecule has 1 heteroatoms. The standard InChI is InChI=1S/C20H34O/c1-7-18(4)13-9-16-19(5)12-8-11-17(2,3)15(19)10-14-20(16,6)21-18/h7,15-16H,1,8-14H2,2-6H3/t15-,16+,18-,19+,20+/m1/s1. The van der Waals surface area contributed by atoms with E-state index in [1.54, 1.807) is 0 Å². The lowest BCUT2D eigenvalue weighted by molar-refractivity contribution is -0.252. The number of ether oxygens (including phenoxy) is 1. The molecule has 0 N–H and O–H groups in total. The van der Waals surface area contributed by atoms with Crippen molar-refractivity contribution >= 4 is 0 Å². The van der Waals surface area contributed by atoms with Gasteiger partial charge in [0.15, 0.2) is 0 Å². The molecule has 0 unspecified atom stereocenters. The highest BCUT2D eigenvalue weighted by atomic mass is 16.5. The molecule has 2 saturated carbocycles. The van der Waals surface area contributed by atoms with Crippen LogP contribution in [-0.4, -0.2) is 11.2 Å². The lowest BCUT2D eigenvalue weighted by atomic mass is 9.44. The maximum Gasteiger partial charge on any atom is 0.0839 e. The molecule has 0 bridgehead atoms. The monoisotopic (exact) mass is 290 g/mol. The van der Waals surface area contributed by atoms with Gasteiger partial charge in [-0.25, -0.2) is 0 Å². The van der Waals surface area contributed by atoms with E-state index in [1.807, 2.05) is 6.08 Å². The summed E-state index contributed by atoms with van der Waals surface area (Å²) in [4.78, 5) is 0. The molecule has 0 amide bonds. The van der Waals surface area contributed by atoms with Crippen LogP contribution in [-0.2, 0) is 4.74 Å². The Bertz CT molecular complexity index is 439. The van der Waals surface area contributed by atoms with Gasteiger partial charge in [0.25, 0.3) is 0 Å². The Hall–Kier alpha value is -0.300. The predicted molar refractivity (Wildman–Crippen MR) is 89.3 cm³/mol. The second-order valence-corrected chi connectivity index (χ2v) is 9.46. The van der Waals surface area contributed by atoms with Gasteiger partial charge in [0, 0.05) is 0 Å². The molecule has 3 rings (SSSR count). The van der Waals surface area contributed by atoms with Crippen LogP contribution >= 0.6 is 0 Å². The van der Waals surface area contributed by atoms with Gasteiger partial charge in [0.2, 0.25) is 0 Å². The summed E-state index contributed by atoms with van der Waals surface area (Å²) in [5.41, 5.74) is 0.920. The summed E-state index contributed by atoms with van der Waals surface area (Å²) in [6, 6.07) is 0. The van der Waals surface area contributed by atoms with Crippen molar-refractivity contribution in [2.24, 2.45) is 22.7 Å². The maximum atomic E-state index is 6.68. The van der Waals surface area contributed by atoms with E-state index in [2.05, 4.69) is 41.2 Å². The first-order valence-corrected chi connectivity index (χ1v) is 8.99. The van der Waals surface area contributed by atoms with Gasteiger partial charge in [-0.15, -0.1) is 6.58 Å². The van der Waals surface area contributed by atoms with Crippen LogP contribution in [0.15, 0.2) is 12.7 Å². The molecule has 1 heterocycles. The molecule has 2 aliphatic carbocycles. The van der Waals surface area contributed by atoms with Crippen molar-refractivity contribution in [3.8, 4) is 0 Å². The molecule has 3 fully saturated rings. The summed E-state index contributed by atoms with van der Waals surface area (Å²) >= 11 is 0. The Morgan fingerprint density at radius 3 is 2.24 bits per heavy atom. The van der Waals surface area contributed by atoms with E-state index in [0.29, 0.717) is 10.8 Å². The third-order valence-electron chi connectivity index (χ3n) is 7.57. The van der Waals surface area contributed by atoms with Crippen molar-refractivity contribution in [3.63, 3.8) is 0 Å². The molecule has 0 aromatic rings. The summed E-state index contributed by atoms with van der Waals surface area (Å²) in [5, 5.41) is 0. The van der Waals surface area contributed by atoms with Crippen molar-refractivity contribution in [2.45, 2.75) is 90.8 Å². The second kappa shape index (κ2) is 4.60. The quantitative estimate of drug-likeness (QED) is 0.559. The molecule has 0 aromatic heterocycles. The van der Waals surface area contributed by atoms with Crippen LogP contribution in [0.2, 0.25) is 0 Å². The minimum absolute atomic E-state index is 0.0554. The normalized spacial score (nSPS) is 52.6. The highest BCUT2D eigenvalue weighted by Crippen LogP contribution is 2.65. The third-order valence-corrected chi connectivity index (χ3v) is 7.57. The number of rotatable bonds is 1. The van der Waals surface area contributed by atoms with Gasteiger partial charge in [-0.2, -0.15) is 0 Å². The zero-order valence-electron chi connectivity index (χ0n) is 14.8. The van der Waals surface area contributed by atoms with Crippen LogP contribution in [0, 0.1) is 22.7 Å². The minimum Gasteiger partial charge on any atom is -0.365 e. The highest BCUT2D eigenvalue weighted by Gasteiger charge is 2.61. The SMILES string of the molecule is C=C[C@]1(C)CC[C@H]2[C@@]3(C)CCCC(C)(C)[C@H]3CC[C@]2(C)O1. The molecule has 3 aliphatic rings. The lowest BCUT2D eigenvalue weighted by Crippen LogP contribution is -2.62. The average Bonchev–Trinajstić information content (AvgIpc) is 2.36. The lowest BCUT2D eigenvalue weighted by Gasteiger charge is -2.65. The molecule has 0 aromatic carbocycles. The van der Waals surface area contributed by atoms with Crippen LogP contribution in [0.5, 0.6) is 0 Å². The van der Waals surface area contributed by atoms with E-state index in [1.165, 1.54) is 38.5 Å². The Morgan fingerprint density at radius 2 is 1.57 bits per heavy atom. The molecule has 0 radical (unpaired) electrons. The second-order valence-electron chi connectivity index (χ2n) is 9.46. The first-order valence-electron chi connectivity index (χ1n) is 8.99. The Kier molecular flexibility index (Phi) is 3.41. The molecule has 1 aliphatic heterocycles. The average molecular weight is 290 g/mol. The third kappa shape index (κ3) is 2.22. The Balaban J connectivity index is 1.94. The molecule has 21 heavy (non-hydrogen) atoms. The highest BCUT2D eigenvalue weighted by molar-refractivity contribution is 5.12. The first-order chi connectivity index (χ1) is 9.65. The van der Waals surface area contributed by atoms with Crippen LogP contribution in [0.3, 0.4) is 0 Å². The smallest absolute Gasteiger partial charge is 0.0839 e. The summed E-state index contributed by atoms with van der Waals surface area (Å²) in [5.74, 6) is 1.59. The number of hydrogen-bond donors (Lipinski definition) is 0. The fraction of sp³-hybridized carbons (Fsp3) is 0.900. The zero-order chi connectivity index (χ0) is 15.5. The fourth-order valence-electron chi connectivity index (χ4n) is 6.52. The van der Waals surface area contributed by atoms with Crippen molar-refractivity contribution in [1.29, 1.82) is 0 Å². The van der Waals surface area contributed by atoms with Crippen molar-refractivity contribution in [1.82, 2.24) is 0 Å². The summed E-state index contributed by atoms with van der Waals surface area (Å²) in [7, 11) is 0. The predicted octanol–water partition coefficient (Wildman–Crippen LogP) is 5.74. The molecule has 0 spiro atoms. The van der Waals surface area contributed by atoms with E-state index in [4.69, 9.17) is 4.74 Å². The molecular formula is C20H34O. The summed E-state index contributed by atoms with van der Waals surface area (Å²) in [6.45, 7) is 16.2. The van der Waals surface area contributed by atoms with Gasteiger partial charge < -0.3 is 4.74 Å². The largest absolute Gasteiger partial charge is 0.365 e. The van der Waals surface area contributed by atoms with E-state index in [9.17, 15) is 0 Å². The van der Waals surface area contributed by atoms with Gasteiger partial charge in [0.1, 0.15) is 0 Å². The zero-order valence-corrected chi connectivity index (χ0v) is 14.8. The minimum atomic E-state index is -0.112. The van der Waals surface area contributed by atoms with Crippen LogP contribution < -0.4 is 0 Å². The van der Waals surface area contributed by atoms with Crippen LogP contribution in [0.1, 0.15) is 79.6 Å². The Morgan fingerprint density at radius 1 is 0.905 bits per heavy atom. The molecular weight excluding hydrogens is 256 g/mol. The topological polar surface area (TPSA) is 9.23 Å². The van der Waals surface area contributed by atoms with Crippen LogP contribution in [0.25, 0.3) is 0 Å². The number of hydrogen-bond acceptors (Lipinski definition) is 1. The first kappa shape index (κ1) is 15.6. The molecule has 120 valence electrons. The van der Waals surface area contributed by atoms with Gasteiger partial charge in [-0.1, -0.05) is 33.3 Å². The molecule has 1 nitrogen and oxygen atoms in total. The van der Waals surface area contributed by atoms with Gasteiger partial charge in [0.05, 0.1) is 11.2 Å². The molecule has 5 atom stereocenters. The summed E-state index contributed by atoms with van der Waals surface area (Å²) < 4.78 is 6.68. The van der Waals surface area contributed by atoms with E-state index in [-0.39, 0.29) is 11.2 Å². The summed E-state index contributed by atoms with van der Waals surface area (Å²) in [6.07, 6.45) is 11.2. The van der Waals surface area contributed by atoms with Crippen molar-refractivity contribution < 1.29 is 4.74 Å². The maximum absolute atomic E-state index is 6.68. The van der Waals surface area contributed by atoms with Gasteiger partial charge >= 0.3 is 0 Å². The van der Waals surface area contributed by atoms with Gasteiger partial charge in [-0.05, 0) is 75.0 Å². The van der Waals surface area contributed by atoms with E-state index >= 15 is 0 Å². The number of fused-ring (bicyclic) bond motifs is 3. The van der Waals surface area contributed by atoms with Crippen molar-refractivity contribution in [3.05, 3.63) is 12.7 Å². The van der Waals surface area contributed by atoms with Crippen LogP contribution in [0.4, 0.5) is 0 Å². The van der Waals surface area contributed by atoms with Gasteiger partial charge in [-0.3, -0.25) is 0 Å². The Labute approximate surface area is 131 Å². The van der Waals surface area contributed by atoms with E-state index in [0.717, 1.165) is 18.3 Å². The van der Waals surface area contributed by atoms with E-state index < -0.39 is 0 Å². The van der Waals surface area contributed by atoms with Crippen molar-refractivity contribution in [2.75, 3.05) is 0 Å². The molecule has 1 saturated heterocycles.